The first kappa shape index (κ1) is 22.1. The number of nitrogens with one attached hydrogen (secondary N) is 2. The van der Waals surface area contributed by atoms with Crippen LogP contribution < -0.4 is 10.0 Å². The van der Waals surface area contributed by atoms with E-state index in [1.807, 2.05) is 19.1 Å². The van der Waals surface area contributed by atoms with Crippen LogP contribution in [0.4, 0.5) is 0 Å². The Hall–Kier alpha value is -1.58. The Kier molecular flexibility index (Phi) is 7.97. The monoisotopic (exact) mass is 425 g/mol. The lowest BCUT2D eigenvalue weighted by Crippen LogP contribution is -2.44. The van der Waals surface area contributed by atoms with Crippen LogP contribution in [0.3, 0.4) is 0 Å². The van der Waals surface area contributed by atoms with Gasteiger partial charge in [0.2, 0.25) is 10.0 Å². The summed E-state index contributed by atoms with van der Waals surface area (Å²) in [6, 6.07) is 4.33. The molecule has 164 valence electrons. The summed E-state index contributed by atoms with van der Waals surface area (Å²) in [6.07, 6.45) is 5.47. The van der Waals surface area contributed by atoms with E-state index in [-0.39, 0.29) is 0 Å². The molecule has 0 saturated carbocycles. The minimum atomic E-state index is -3.27. The Morgan fingerprint density at radius 3 is 2.90 bits per heavy atom. The first-order valence-electron chi connectivity index (χ1n) is 10.8. The second-order valence-corrected chi connectivity index (χ2v) is 9.79. The van der Waals surface area contributed by atoms with E-state index in [1.165, 1.54) is 12.8 Å². The molecule has 2 saturated heterocycles. The Morgan fingerprint density at radius 1 is 1.31 bits per heavy atom. The first-order chi connectivity index (χ1) is 14.0. The third kappa shape index (κ3) is 5.96. The van der Waals surface area contributed by atoms with Gasteiger partial charge in [0.15, 0.2) is 5.96 Å². The summed E-state index contributed by atoms with van der Waals surface area (Å²) in [5.74, 6) is 1.74. The molecule has 1 aromatic heterocycles. The molecule has 1 aromatic rings. The van der Waals surface area contributed by atoms with Crippen molar-refractivity contribution in [2.45, 2.75) is 50.8 Å². The highest BCUT2D eigenvalue weighted by atomic mass is 32.2. The van der Waals surface area contributed by atoms with Gasteiger partial charge in [0.25, 0.3) is 0 Å². The quantitative estimate of drug-likeness (QED) is 0.457. The maximum absolute atomic E-state index is 12.4. The molecule has 0 bridgehead atoms. The highest BCUT2D eigenvalue weighted by Crippen LogP contribution is 2.19. The van der Waals surface area contributed by atoms with Gasteiger partial charge in [-0.25, -0.2) is 13.1 Å². The van der Waals surface area contributed by atoms with Crippen molar-refractivity contribution in [1.29, 1.82) is 0 Å². The van der Waals surface area contributed by atoms with E-state index >= 15 is 0 Å². The van der Waals surface area contributed by atoms with E-state index in [0.717, 1.165) is 37.8 Å². The SMILES string of the molecule is CCNS(=O)(=O)C1CCN(C(=NCC2CCCN2CC)NCCc2ccco2)C1. The van der Waals surface area contributed by atoms with Gasteiger partial charge in [-0.15, -0.1) is 0 Å². The van der Waals surface area contributed by atoms with Gasteiger partial charge in [-0.1, -0.05) is 13.8 Å². The maximum atomic E-state index is 12.4. The molecule has 3 heterocycles. The molecule has 2 aliphatic heterocycles. The van der Waals surface area contributed by atoms with E-state index < -0.39 is 15.3 Å². The van der Waals surface area contributed by atoms with Gasteiger partial charge in [0, 0.05) is 38.6 Å². The Bertz CT molecular complexity index is 750. The molecule has 2 N–H and O–H groups in total. The van der Waals surface area contributed by atoms with E-state index in [1.54, 1.807) is 6.26 Å². The second kappa shape index (κ2) is 10.4. The van der Waals surface area contributed by atoms with Crippen LogP contribution in [0.1, 0.15) is 38.9 Å². The van der Waals surface area contributed by atoms with Gasteiger partial charge >= 0.3 is 0 Å². The number of rotatable bonds is 9. The van der Waals surface area contributed by atoms with Crippen LogP contribution in [0.2, 0.25) is 0 Å². The molecule has 0 radical (unpaired) electrons. The third-order valence-corrected chi connectivity index (χ3v) is 7.77. The van der Waals surface area contributed by atoms with Crippen molar-refractivity contribution in [3.8, 4) is 0 Å². The van der Waals surface area contributed by atoms with Gasteiger partial charge in [-0.2, -0.15) is 0 Å². The normalized spacial score (nSPS) is 23.8. The summed E-state index contributed by atoms with van der Waals surface area (Å²) in [6.45, 7) is 9.26. The van der Waals surface area contributed by atoms with E-state index in [2.05, 4.69) is 26.8 Å². The highest BCUT2D eigenvalue weighted by molar-refractivity contribution is 7.90. The van der Waals surface area contributed by atoms with Gasteiger partial charge in [0.05, 0.1) is 18.1 Å². The van der Waals surface area contributed by atoms with Gasteiger partial charge < -0.3 is 14.6 Å². The fourth-order valence-corrected chi connectivity index (χ4v) is 5.65. The summed E-state index contributed by atoms with van der Waals surface area (Å²) in [5, 5.41) is 3.05. The smallest absolute Gasteiger partial charge is 0.216 e. The number of nitrogens with zero attached hydrogens (tertiary/aromatic N) is 3. The number of likely N-dealkylation sites (N-methyl/N-ethyl adjacent to an activating group) is 1. The minimum Gasteiger partial charge on any atom is -0.469 e. The number of furan rings is 1. The highest BCUT2D eigenvalue weighted by Gasteiger charge is 2.34. The molecular formula is C20H35N5O3S. The Labute approximate surface area is 174 Å². The average molecular weight is 426 g/mol. The second-order valence-electron chi connectivity index (χ2n) is 7.74. The zero-order valence-corrected chi connectivity index (χ0v) is 18.5. The third-order valence-electron chi connectivity index (χ3n) is 5.82. The van der Waals surface area contributed by atoms with Crippen LogP contribution in [0.25, 0.3) is 0 Å². The fraction of sp³-hybridized carbons (Fsp3) is 0.750. The van der Waals surface area contributed by atoms with Crippen LogP contribution in [-0.4, -0.2) is 81.3 Å². The summed E-state index contributed by atoms with van der Waals surface area (Å²) >= 11 is 0. The topological polar surface area (TPSA) is 90.2 Å². The zero-order chi connectivity index (χ0) is 20.7. The predicted molar refractivity (Wildman–Crippen MR) is 116 cm³/mol. The number of guanidine groups is 1. The molecule has 29 heavy (non-hydrogen) atoms. The summed E-state index contributed by atoms with van der Waals surface area (Å²) in [5.41, 5.74) is 0. The van der Waals surface area contributed by atoms with Crippen molar-refractivity contribution >= 4 is 16.0 Å². The van der Waals surface area contributed by atoms with Crippen molar-refractivity contribution < 1.29 is 12.8 Å². The number of sulfonamides is 1. The van der Waals surface area contributed by atoms with Crippen molar-refractivity contribution in [1.82, 2.24) is 19.8 Å². The predicted octanol–water partition coefficient (Wildman–Crippen LogP) is 1.27. The van der Waals surface area contributed by atoms with E-state index in [9.17, 15) is 8.42 Å². The minimum absolute atomic E-state index is 0.391. The lowest BCUT2D eigenvalue weighted by Gasteiger charge is -2.25. The van der Waals surface area contributed by atoms with Crippen molar-refractivity contribution in [3.05, 3.63) is 24.2 Å². The Balaban J connectivity index is 1.64. The van der Waals surface area contributed by atoms with E-state index in [4.69, 9.17) is 9.41 Å². The molecule has 8 nitrogen and oxygen atoms in total. The zero-order valence-electron chi connectivity index (χ0n) is 17.6. The summed E-state index contributed by atoms with van der Waals surface area (Å²) in [4.78, 5) is 9.48. The molecule has 0 aliphatic carbocycles. The average Bonchev–Trinajstić information content (AvgIpc) is 3.46. The van der Waals surface area contributed by atoms with Gasteiger partial charge in [0.1, 0.15) is 5.76 Å². The van der Waals surface area contributed by atoms with Gasteiger partial charge in [-0.05, 0) is 44.5 Å². The van der Waals surface area contributed by atoms with Crippen LogP contribution in [0.5, 0.6) is 0 Å². The largest absolute Gasteiger partial charge is 0.469 e. The first-order valence-corrected chi connectivity index (χ1v) is 12.4. The number of likely N-dealkylation sites (tertiary alicyclic amines) is 2. The standard InChI is InChI=1S/C20H35N5O3S/c1-3-23-29(26,27)19-10-13-25(16-19)20(21-11-9-18-8-6-14-28-18)22-15-17-7-5-12-24(17)4-2/h6,8,14,17,19,23H,3-5,7,9-13,15-16H2,1-2H3,(H,21,22). The van der Waals surface area contributed by atoms with Crippen LogP contribution in [0, 0.1) is 0 Å². The molecule has 2 fully saturated rings. The van der Waals surface area contributed by atoms with E-state index in [0.29, 0.717) is 38.6 Å². The van der Waals surface area contributed by atoms with Crippen molar-refractivity contribution in [2.75, 3.05) is 45.8 Å². The Morgan fingerprint density at radius 2 is 2.17 bits per heavy atom. The van der Waals surface area contributed by atoms with Crippen LogP contribution in [0.15, 0.2) is 27.8 Å². The summed E-state index contributed by atoms with van der Waals surface area (Å²) in [7, 11) is -3.27. The number of aliphatic imine (C=N–C) groups is 1. The molecule has 0 spiro atoms. The maximum Gasteiger partial charge on any atom is 0.216 e. The molecule has 9 heteroatoms. The molecule has 3 rings (SSSR count). The molecular weight excluding hydrogens is 390 g/mol. The summed E-state index contributed by atoms with van der Waals surface area (Å²) < 4.78 is 32.9. The number of hydrogen-bond acceptors (Lipinski definition) is 5. The van der Waals surface area contributed by atoms with Crippen LogP contribution in [-0.2, 0) is 16.4 Å². The molecule has 2 atom stereocenters. The van der Waals surface area contributed by atoms with Gasteiger partial charge in [-0.3, -0.25) is 9.89 Å². The van der Waals surface area contributed by atoms with Crippen LogP contribution >= 0.6 is 0 Å². The molecule has 2 unspecified atom stereocenters. The van der Waals surface area contributed by atoms with Crippen molar-refractivity contribution in [3.63, 3.8) is 0 Å². The van der Waals surface area contributed by atoms with Crippen molar-refractivity contribution in [2.24, 2.45) is 4.99 Å². The lowest BCUT2D eigenvalue weighted by molar-refractivity contribution is 0.272. The molecule has 2 aliphatic rings. The molecule has 0 amide bonds. The number of hydrogen-bond donors (Lipinski definition) is 2. The molecule has 0 aromatic carbocycles. The lowest BCUT2D eigenvalue weighted by atomic mass is 10.2. The fourth-order valence-electron chi connectivity index (χ4n) is 4.22.